The first-order valence-electron chi connectivity index (χ1n) is 10.8. The van der Waals surface area contributed by atoms with E-state index in [2.05, 4.69) is 10.3 Å². The second kappa shape index (κ2) is 10.8. The molecule has 1 unspecified atom stereocenters. The first-order valence-corrected chi connectivity index (χ1v) is 12.0. The van der Waals surface area contributed by atoms with E-state index in [9.17, 15) is 19.5 Å². The van der Waals surface area contributed by atoms with Crippen LogP contribution in [0.2, 0.25) is 0 Å². The van der Waals surface area contributed by atoms with Crippen LogP contribution in [-0.2, 0) is 9.59 Å². The number of hydrogen-bond acceptors (Lipinski definition) is 8. The van der Waals surface area contributed by atoms with Crippen molar-refractivity contribution < 1.29 is 19.8 Å². The Morgan fingerprint density at radius 3 is 2.66 bits per heavy atom. The second-order valence-electron chi connectivity index (χ2n) is 7.75. The third-order valence-corrected chi connectivity index (χ3v) is 6.72. The smallest absolute Gasteiger partial charge is 0.303 e. The molecule has 0 radical (unpaired) electrons. The fraction of sp³-hybridized carbons (Fsp3) is 0.208. The minimum Gasteiger partial charge on any atom is -0.481 e. The summed E-state index contributed by atoms with van der Waals surface area (Å²) in [6, 6.07) is 14.2. The Kier molecular flexibility index (Phi) is 7.59. The molecular formula is C24H22N4O5S2. The van der Waals surface area contributed by atoms with Gasteiger partial charge in [0.15, 0.2) is 0 Å². The summed E-state index contributed by atoms with van der Waals surface area (Å²) in [4.78, 5) is 43.2. The first-order chi connectivity index (χ1) is 16.8. The maximum absolute atomic E-state index is 13.3. The number of carboxylic acid groups (broad SMARTS) is 1. The van der Waals surface area contributed by atoms with Crippen molar-refractivity contribution in [2.24, 2.45) is 0 Å². The van der Waals surface area contributed by atoms with Crippen molar-refractivity contribution in [1.82, 2.24) is 14.3 Å². The van der Waals surface area contributed by atoms with Crippen LogP contribution >= 0.6 is 24.0 Å². The number of hydrogen-bond donors (Lipinski definition) is 3. The molecule has 9 nitrogen and oxygen atoms in total. The lowest BCUT2D eigenvalue weighted by atomic mass is 10.1. The van der Waals surface area contributed by atoms with Crippen LogP contribution in [0.4, 0.5) is 5.82 Å². The highest BCUT2D eigenvalue weighted by Gasteiger charge is 2.32. The van der Waals surface area contributed by atoms with E-state index in [1.54, 1.807) is 36.5 Å². The molecule has 2 aromatic heterocycles. The predicted molar refractivity (Wildman–Crippen MR) is 138 cm³/mol. The molecule has 1 atom stereocenters. The van der Waals surface area contributed by atoms with E-state index in [1.165, 1.54) is 15.4 Å². The van der Waals surface area contributed by atoms with Crippen LogP contribution in [0.1, 0.15) is 30.1 Å². The fourth-order valence-corrected chi connectivity index (χ4v) is 4.86. The second-order valence-corrected chi connectivity index (χ2v) is 9.42. The number of carbonyl (C=O) groups excluding carboxylic acids is 1. The highest BCUT2D eigenvalue weighted by atomic mass is 32.2. The topological polar surface area (TPSA) is 124 Å². The van der Waals surface area contributed by atoms with Gasteiger partial charge in [0, 0.05) is 25.7 Å². The number of aliphatic carboxylic acids is 1. The Morgan fingerprint density at radius 2 is 1.91 bits per heavy atom. The van der Waals surface area contributed by atoms with Gasteiger partial charge >= 0.3 is 5.97 Å². The zero-order valence-electron chi connectivity index (χ0n) is 18.5. The number of aromatic nitrogens is 2. The van der Waals surface area contributed by atoms with Gasteiger partial charge in [0.1, 0.15) is 15.8 Å². The van der Waals surface area contributed by atoms with Crippen molar-refractivity contribution in [3.05, 3.63) is 81.1 Å². The lowest BCUT2D eigenvalue weighted by Gasteiger charge is -2.15. The van der Waals surface area contributed by atoms with Crippen LogP contribution in [0.15, 0.2) is 64.4 Å². The molecule has 3 aromatic rings. The third-order valence-electron chi connectivity index (χ3n) is 5.34. The molecule has 0 bridgehead atoms. The summed E-state index contributed by atoms with van der Waals surface area (Å²) in [6.45, 7) is 0.272. The maximum Gasteiger partial charge on any atom is 0.303 e. The molecule has 0 saturated carbocycles. The van der Waals surface area contributed by atoms with Gasteiger partial charge in [-0.1, -0.05) is 60.4 Å². The lowest BCUT2D eigenvalue weighted by molar-refractivity contribution is -0.137. The van der Waals surface area contributed by atoms with Crippen molar-refractivity contribution in [2.45, 2.75) is 18.9 Å². The van der Waals surface area contributed by atoms with Crippen molar-refractivity contribution in [1.29, 1.82) is 0 Å². The number of aliphatic hydroxyl groups excluding tert-OH is 1. The number of amides is 1. The number of thiocarbonyl (C=S) groups is 1. The number of rotatable bonds is 9. The molecule has 0 spiro atoms. The number of carboxylic acids is 1. The number of aliphatic hydroxyl groups is 1. The predicted octanol–water partition coefficient (Wildman–Crippen LogP) is 2.91. The minimum absolute atomic E-state index is 0.0795. The van der Waals surface area contributed by atoms with Crippen LogP contribution < -0.4 is 10.9 Å². The summed E-state index contributed by atoms with van der Waals surface area (Å²) >= 11 is 6.35. The maximum atomic E-state index is 13.3. The number of carbonyl (C=O) groups is 2. The number of anilines is 1. The Labute approximate surface area is 210 Å². The molecule has 1 fully saturated rings. The van der Waals surface area contributed by atoms with E-state index < -0.39 is 18.0 Å². The molecule has 3 heterocycles. The van der Waals surface area contributed by atoms with Gasteiger partial charge in [0.05, 0.1) is 16.6 Å². The molecule has 4 rings (SSSR count). The monoisotopic (exact) mass is 510 g/mol. The van der Waals surface area contributed by atoms with E-state index in [4.69, 9.17) is 17.3 Å². The third kappa shape index (κ3) is 5.59. The Morgan fingerprint density at radius 1 is 1.17 bits per heavy atom. The van der Waals surface area contributed by atoms with Crippen molar-refractivity contribution >= 4 is 57.7 Å². The Balaban J connectivity index is 1.65. The Hall–Kier alpha value is -3.54. The van der Waals surface area contributed by atoms with Crippen LogP contribution in [-0.4, -0.2) is 53.8 Å². The molecule has 0 aliphatic carbocycles. The lowest BCUT2D eigenvalue weighted by Crippen LogP contribution is -2.29. The number of fused-ring (bicyclic) bond motifs is 1. The summed E-state index contributed by atoms with van der Waals surface area (Å²) in [6.07, 6.45) is 2.38. The standard InChI is InChI=1S/C24H22N4O5S2/c29-17(15-7-2-1-3-8-15)14-25-21-16(22(32)27-11-5-4-9-19(27)26-21)13-18-23(33)28(24(34)35-18)12-6-10-20(30)31/h1-5,7-9,11,13,17,25,29H,6,10,12,14H2,(H,30,31). The minimum atomic E-state index is -0.949. The number of benzene rings is 1. The summed E-state index contributed by atoms with van der Waals surface area (Å²) in [7, 11) is 0. The molecular weight excluding hydrogens is 488 g/mol. The number of thioether (sulfide) groups is 1. The van der Waals surface area contributed by atoms with Gasteiger partial charge in [-0.2, -0.15) is 0 Å². The van der Waals surface area contributed by atoms with Gasteiger partial charge in [0.25, 0.3) is 11.5 Å². The zero-order chi connectivity index (χ0) is 24.9. The number of nitrogens with zero attached hydrogens (tertiary/aromatic N) is 3. The first kappa shape index (κ1) is 24.6. The summed E-state index contributed by atoms with van der Waals surface area (Å²) < 4.78 is 1.67. The van der Waals surface area contributed by atoms with E-state index in [0.29, 0.717) is 15.5 Å². The molecule has 11 heteroatoms. The molecule has 1 aromatic carbocycles. The Bertz CT molecular complexity index is 1370. The molecule has 1 saturated heterocycles. The van der Waals surface area contributed by atoms with E-state index in [0.717, 1.165) is 11.8 Å². The van der Waals surface area contributed by atoms with Gasteiger partial charge in [-0.3, -0.25) is 23.7 Å². The van der Waals surface area contributed by atoms with E-state index >= 15 is 0 Å². The molecule has 180 valence electrons. The number of nitrogens with one attached hydrogen (secondary N) is 1. The number of pyridine rings is 1. The molecule has 1 aliphatic rings. The summed E-state index contributed by atoms with van der Waals surface area (Å²) in [5, 5.41) is 22.5. The van der Waals surface area contributed by atoms with Crippen molar-refractivity contribution in [3.8, 4) is 0 Å². The van der Waals surface area contributed by atoms with Crippen LogP contribution in [0.5, 0.6) is 0 Å². The summed E-state index contributed by atoms with van der Waals surface area (Å²) in [5.74, 6) is -1.11. The highest BCUT2D eigenvalue weighted by Crippen LogP contribution is 2.33. The van der Waals surface area contributed by atoms with E-state index in [-0.39, 0.29) is 47.8 Å². The molecule has 1 aliphatic heterocycles. The van der Waals surface area contributed by atoms with Gasteiger partial charge in [-0.05, 0) is 30.2 Å². The van der Waals surface area contributed by atoms with Gasteiger partial charge in [-0.25, -0.2) is 4.98 Å². The molecule has 35 heavy (non-hydrogen) atoms. The van der Waals surface area contributed by atoms with Gasteiger partial charge in [-0.15, -0.1) is 0 Å². The van der Waals surface area contributed by atoms with E-state index in [1.807, 2.05) is 18.2 Å². The fourth-order valence-electron chi connectivity index (χ4n) is 3.57. The molecule has 3 N–H and O–H groups in total. The normalized spacial score (nSPS) is 15.7. The average molecular weight is 511 g/mol. The SMILES string of the molecule is O=C(O)CCCN1C(=O)C(=Cc2c(NCC(O)c3ccccc3)nc3ccccn3c2=O)SC1=S. The van der Waals surface area contributed by atoms with Crippen LogP contribution in [0.25, 0.3) is 11.7 Å². The quantitative estimate of drug-likeness (QED) is 0.294. The highest BCUT2D eigenvalue weighted by molar-refractivity contribution is 8.26. The van der Waals surface area contributed by atoms with Crippen LogP contribution in [0.3, 0.4) is 0 Å². The summed E-state index contributed by atoms with van der Waals surface area (Å²) in [5.41, 5.74) is 0.886. The van der Waals surface area contributed by atoms with Gasteiger partial charge < -0.3 is 15.5 Å². The zero-order valence-corrected chi connectivity index (χ0v) is 20.1. The van der Waals surface area contributed by atoms with Crippen molar-refractivity contribution in [2.75, 3.05) is 18.4 Å². The van der Waals surface area contributed by atoms with Crippen LogP contribution in [0, 0.1) is 0 Å². The average Bonchev–Trinajstić information content (AvgIpc) is 3.12. The molecule has 1 amide bonds. The van der Waals surface area contributed by atoms with Gasteiger partial charge in [0.2, 0.25) is 0 Å². The largest absolute Gasteiger partial charge is 0.481 e. The van der Waals surface area contributed by atoms with Crippen molar-refractivity contribution in [3.63, 3.8) is 0 Å².